The van der Waals surface area contributed by atoms with E-state index in [4.69, 9.17) is 12.2 Å². The monoisotopic (exact) mass is 320 g/mol. The number of para-hydroxylation sites is 1. The zero-order chi connectivity index (χ0) is 15.8. The number of nitrogens with zero attached hydrogens (tertiary/aromatic N) is 3. The molecule has 114 valence electrons. The molecule has 0 saturated carbocycles. The van der Waals surface area contributed by atoms with Gasteiger partial charge in [0, 0.05) is 29.8 Å². The van der Waals surface area contributed by atoms with Gasteiger partial charge in [-0.25, -0.2) is 0 Å². The Bertz CT molecular complexity index is 893. The summed E-state index contributed by atoms with van der Waals surface area (Å²) in [4.78, 5) is 10.8. The minimum Gasteiger partial charge on any atom is -0.332 e. The fourth-order valence-electron chi connectivity index (χ4n) is 3.10. The zero-order valence-electron chi connectivity index (χ0n) is 12.7. The zero-order valence-corrected chi connectivity index (χ0v) is 13.5. The molecule has 2 heterocycles. The molecular formula is C18H16N4S. The Labute approximate surface area is 140 Å². The van der Waals surface area contributed by atoms with E-state index >= 15 is 0 Å². The molecule has 0 saturated heterocycles. The predicted octanol–water partition coefficient (Wildman–Crippen LogP) is 3.78. The third kappa shape index (κ3) is 2.53. The van der Waals surface area contributed by atoms with Gasteiger partial charge in [0.25, 0.3) is 0 Å². The molecule has 2 aromatic carbocycles. The van der Waals surface area contributed by atoms with Gasteiger partial charge in [-0.2, -0.15) is 0 Å². The summed E-state index contributed by atoms with van der Waals surface area (Å²) in [5.41, 5.74) is 5.20. The van der Waals surface area contributed by atoms with Crippen molar-refractivity contribution in [2.75, 3.05) is 10.2 Å². The summed E-state index contributed by atoms with van der Waals surface area (Å²) in [7, 11) is 0. The van der Waals surface area contributed by atoms with E-state index in [0.29, 0.717) is 11.2 Å². The highest BCUT2D eigenvalue weighted by atomic mass is 32.1. The van der Waals surface area contributed by atoms with Crippen LogP contribution in [0.4, 0.5) is 11.4 Å². The van der Waals surface area contributed by atoms with Crippen LogP contribution in [-0.2, 0) is 6.42 Å². The highest BCUT2D eigenvalue weighted by Gasteiger charge is 2.28. The van der Waals surface area contributed by atoms with E-state index in [-0.39, 0.29) is 0 Å². The highest BCUT2D eigenvalue weighted by molar-refractivity contribution is 7.80. The van der Waals surface area contributed by atoms with Gasteiger partial charge in [-0.15, -0.1) is 0 Å². The lowest BCUT2D eigenvalue weighted by atomic mass is 10.1. The van der Waals surface area contributed by atoms with E-state index in [1.165, 1.54) is 11.3 Å². The number of aromatic nitrogens is 2. The van der Waals surface area contributed by atoms with Gasteiger partial charge in [-0.05, 0) is 55.4 Å². The van der Waals surface area contributed by atoms with Crippen molar-refractivity contribution in [1.29, 1.82) is 0 Å². The van der Waals surface area contributed by atoms with Crippen LogP contribution in [0, 0.1) is 0 Å². The molecule has 1 aromatic heterocycles. The first kappa shape index (κ1) is 14.1. The molecule has 0 spiro atoms. The lowest BCUT2D eigenvalue weighted by Gasteiger charge is -2.26. The summed E-state index contributed by atoms with van der Waals surface area (Å²) in [6, 6.07) is 14.7. The van der Waals surface area contributed by atoms with Gasteiger partial charge in [0.1, 0.15) is 0 Å². The molecule has 0 fully saturated rings. The van der Waals surface area contributed by atoms with E-state index in [2.05, 4.69) is 51.4 Å². The Balaban J connectivity index is 1.62. The maximum atomic E-state index is 5.65. The van der Waals surface area contributed by atoms with Crippen molar-refractivity contribution < 1.29 is 0 Å². The van der Waals surface area contributed by atoms with Gasteiger partial charge in [0.05, 0.1) is 11.0 Å². The second-order valence-corrected chi connectivity index (χ2v) is 6.13. The van der Waals surface area contributed by atoms with Crippen molar-refractivity contribution in [2.24, 2.45) is 0 Å². The lowest BCUT2D eigenvalue weighted by Crippen LogP contribution is -2.38. The molecule has 0 bridgehead atoms. The molecule has 1 aliphatic rings. The Kier molecular flexibility index (Phi) is 3.42. The number of hydrogen-bond donors (Lipinski definition) is 1. The van der Waals surface area contributed by atoms with Gasteiger partial charge in [-0.1, -0.05) is 18.2 Å². The van der Waals surface area contributed by atoms with Gasteiger partial charge >= 0.3 is 0 Å². The molecule has 0 unspecified atom stereocenters. The first-order valence-corrected chi connectivity index (χ1v) is 8.02. The predicted molar refractivity (Wildman–Crippen MR) is 97.8 cm³/mol. The molecule has 5 heteroatoms. The number of fused-ring (bicyclic) bond motifs is 2. The number of hydrogen-bond acceptors (Lipinski definition) is 3. The van der Waals surface area contributed by atoms with Gasteiger partial charge in [-0.3, -0.25) is 9.97 Å². The van der Waals surface area contributed by atoms with Gasteiger partial charge in [0.2, 0.25) is 0 Å². The summed E-state index contributed by atoms with van der Waals surface area (Å²) in [6.45, 7) is 2.19. The number of thiocarbonyl (C=S) groups is 1. The molecule has 4 nitrogen and oxygen atoms in total. The van der Waals surface area contributed by atoms with Crippen LogP contribution in [0.15, 0.2) is 54.9 Å². The Morgan fingerprint density at radius 3 is 2.78 bits per heavy atom. The van der Waals surface area contributed by atoms with Crippen LogP contribution in [0.3, 0.4) is 0 Å². The number of anilines is 2. The highest BCUT2D eigenvalue weighted by Crippen LogP contribution is 2.32. The molecule has 3 aromatic rings. The molecule has 0 aliphatic carbocycles. The van der Waals surface area contributed by atoms with Crippen LogP contribution in [0.2, 0.25) is 0 Å². The van der Waals surface area contributed by atoms with Crippen molar-refractivity contribution in [2.45, 2.75) is 19.4 Å². The summed E-state index contributed by atoms with van der Waals surface area (Å²) in [5, 5.41) is 4.05. The van der Waals surface area contributed by atoms with E-state index in [9.17, 15) is 0 Å². The molecule has 1 atom stereocenters. The van der Waals surface area contributed by atoms with Crippen LogP contribution in [0.25, 0.3) is 11.0 Å². The summed E-state index contributed by atoms with van der Waals surface area (Å²) in [6.07, 6.45) is 4.41. The van der Waals surface area contributed by atoms with E-state index in [1.54, 1.807) is 12.4 Å². The fraction of sp³-hybridized carbons (Fsp3) is 0.167. The summed E-state index contributed by atoms with van der Waals surface area (Å²) >= 11 is 5.65. The van der Waals surface area contributed by atoms with Crippen LogP contribution in [0.1, 0.15) is 12.5 Å². The Morgan fingerprint density at radius 2 is 1.91 bits per heavy atom. The number of benzene rings is 2. The van der Waals surface area contributed by atoms with Crippen molar-refractivity contribution in [3.63, 3.8) is 0 Å². The quantitative estimate of drug-likeness (QED) is 0.691. The van der Waals surface area contributed by atoms with E-state index in [1.807, 2.05) is 18.2 Å². The van der Waals surface area contributed by atoms with Gasteiger partial charge in [0.15, 0.2) is 5.11 Å². The smallest absolute Gasteiger partial charge is 0.178 e. The Morgan fingerprint density at radius 1 is 1.13 bits per heavy atom. The first-order valence-electron chi connectivity index (χ1n) is 7.61. The summed E-state index contributed by atoms with van der Waals surface area (Å²) in [5.74, 6) is 0. The molecule has 1 aliphatic heterocycles. The maximum Gasteiger partial charge on any atom is 0.178 e. The number of rotatable bonds is 1. The lowest BCUT2D eigenvalue weighted by molar-refractivity contribution is 0.776. The third-order valence-electron chi connectivity index (χ3n) is 4.15. The fourth-order valence-corrected chi connectivity index (χ4v) is 3.50. The normalized spacial score (nSPS) is 16.4. The molecule has 1 N–H and O–H groups in total. The van der Waals surface area contributed by atoms with Crippen molar-refractivity contribution in [1.82, 2.24) is 9.97 Å². The largest absolute Gasteiger partial charge is 0.332 e. The van der Waals surface area contributed by atoms with Crippen LogP contribution in [0.5, 0.6) is 0 Å². The molecular weight excluding hydrogens is 304 g/mol. The second-order valence-electron chi connectivity index (χ2n) is 5.74. The minimum absolute atomic E-state index is 0.354. The molecule has 0 radical (unpaired) electrons. The topological polar surface area (TPSA) is 41.0 Å². The van der Waals surface area contributed by atoms with Crippen molar-refractivity contribution >= 4 is 39.7 Å². The SMILES string of the molecule is C[C@H]1Cc2ccccc2N1C(=S)Nc1ccc2nccnc2c1. The van der Waals surface area contributed by atoms with Crippen LogP contribution in [-0.4, -0.2) is 21.1 Å². The molecule has 23 heavy (non-hydrogen) atoms. The van der Waals surface area contributed by atoms with Crippen LogP contribution >= 0.6 is 12.2 Å². The van der Waals surface area contributed by atoms with Crippen molar-refractivity contribution in [3.8, 4) is 0 Å². The van der Waals surface area contributed by atoms with Crippen LogP contribution < -0.4 is 10.2 Å². The van der Waals surface area contributed by atoms with Crippen molar-refractivity contribution in [3.05, 3.63) is 60.4 Å². The summed E-state index contributed by atoms with van der Waals surface area (Å²) < 4.78 is 0. The second kappa shape index (κ2) is 5.59. The minimum atomic E-state index is 0.354. The third-order valence-corrected chi connectivity index (χ3v) is 4.45. The van der Waals surface area contributed by atoms with Gasteiger partial charge < -0.3 is 10.2 Å². The number of nitrogens with one attached hydrogen (secondary N) is 1. The molecule has 4 rings (SSSR count). The molecule has 0 amide bonds. The van der Waals surface area contributed by atoms with E-state index < -0.39 is 0 Å². The maximum absolute atomic E-state index is 5.65. The Hall–Kier alpha value is -2.53. The standard InChI is InChI=1S/C18H16N4S/c1-12-10-13-4-2-3-5-17(13)22(12)18(23)21-14-6-7-15-16(11-14)20-9-8-19-15/h2-9,11-12H,10H2,1H3,(H,21,23)/t12-/m0/s1. The average Bonchev–Trinajstić information content (AvgIpc) is 2.90. The van der Waals surface area contributed by atoms with E-state index in [0.717, 1.165) is 23.1 Å². The first-order chi connectivity index (χ1) is 11.2. The average molecular weight is 320 g/mol.